The Hall–Kier alpha value is -3.01. The number of allylic oxidation sites excluding steroid dienone is 1. The van der Waals surface area contributed by atoms with Crippen molar-refractivity contribution in [2.75, 3.05) is 12.4 Å². The quantitative estimate of drug-likeness (QED) is 0.240. The van der Waals surface area contributed by atoms with Gasteiger partial charge in [-0.3, -0.25) is 0 Å². The van der Waals surface area contributed by atoms with Gasteiger partial charge in [-0.1, -0.05) is 39.8 Å². The van der Waals surface area contributed by atoms with E-state index in [0.29, 0.717) is 12.1 Å². The van der Waals surface area contributed by atoms with Crippen molar-refractivity contribution < 1.29 is 13.2 Å². The Morgan fingerprint density at radius 1 is 1.18 bits per heavy atom. The van der Waals surface area contributed by atoms with E-state index in [2.05, 4.69) is 34.0 Å². The average molecular weight is 497 g/mol. The molecule has 10 heteroatoms. The van der Waals surface area contributed by atoms with Crippen molar-refractivity contribution in [1.29, 1.82) is 5.41 Å². The Kier molecular flexibility index (Phi) is 14.4. The highest BCUT2D eigenvalue weighted by Gasteiger charge is 2.30. The van der Waals surface area contributed by atoms with Crippen molar-refractivity contribution in [2.24, 2.45) is 16.5 Å². The van der Waals surface area contributed by atoms with E-state index in [-0.39, 0.29) is 11.5 Å². The molecule has 6 N–H and O–H groups in total. The van der Waals surface area contributed by atoms with E-state index < -0.39 is 11.7 Å². The molecular formula is C24H35F3N6S. The van der Waals surface area contributed by atoms with E-state index in [9.17, 15) is 13.2 Å². The second kappa shape index (κ2) is 15.8. The van der Waals surface area contributed by atoms with Gasteiger partial charge in [0, 0.05) is 36.1 Å². The van der Waals surface area contributed by atoms with Crippen molar-refractivity contribution in [1.82, 2.24) is 4.98 Å². The fourth-order valence-corrected chi connectivity index (χ4v) is 3.04. The number of halogens is 3. The van der Waals surface area contributed by atoms with Crippen molar-refractivity contribution in [2.45, 2.75) is 57.5 Å². The summed E-state index contributed by atoms with van der Waals surface area (Å²) in [7, 11) is 1.87. The number of nitrogens with zero attached hydrogens (tertiary/aromatic N) is 2. The van der Waals surface area contributed by atoms with Crippen LogP contribution >= 0.6 is 12.6 Å². The number of hydrogen-bond acceptors (Lipinski definition) is 7. The molecule has 0 unspecified atom stereocenters. The molecule has 0 atom stereocenters. The molecule has 1 aromatic carbocycles. The molecule has 1 saturated carbocycles. The largest absolute Gasteiger partial charge is 0.417 e. The van der Waals surface area contributed by atoms with Crippen molar-refractivity contribution in [3.05, 3.63) is 59.0 Å². The zero-order valence-corrected chi connectivity index (χ0v) is 21.1. The predicted octanol–water partition coefficient (Wildman–Crippen LogP) is 6.51. The third-order valence-electron chi connectivity index (χ3n) is 4.28. The molecule has 1 aliphatic rings. The lowest BCUT2D eigenvalue weighted by molar-refractivity contribution is -0.137. The number of nitrogens with two attached hydrogens (primary N) is 2. The summed E-state index contributed by atoms with van der Waals surface area (Å²) in [6.07, 6.45) is 2.55. The molecule has 3 rings (SSSR count). The van der Waals surface area contributed by atoms with Gasteiger partial charge >= 0.3 is 6.18 Å². The van der Waals surface area contributed by atoms with Crippen LogP contribution in [-0.2, 0) is 6.18 Å². The first-order chi connectivity index (χ1) is 16.2. The minimum Gasteiger partial charge on any atom is -0.403 e. The lowest BCUT2D eigenvalue weighted by Crippen LogP contribution is -2.04. The van der Waals surface area contributed by atoms with Gasteiger partial charge < -0.3 is 22.2 Å². The predicted molar refractivity (Wildman–Crippen MR) is 140 cm³/mol. The first kappa shape index (κ1) is 31.0. The average Bonchev–Trinajstić information content (AvgIpc) is 3.70. The number of nitrogens with one attached hydrogen (secondary N) is 2. The first-order valence-electron chi connectivity index (χ1n) is 11.0. The fourth-order valence-electron chi connectivity index (χ4n) is 2.54. The molecule has 1 heterocycles. The van der Waals surface area contributed by atoms with E-state index in [1.807, 2.05) is 40.8 Å². The number of hydrogen-bond donors (Lipinski definition) is 5. The van der Waals surface area contributed by atoms with Gasteiger partial charge in [-0.2, -0.15) is 13.2 Å². The summed E-state index contributed by atoms with van der Waals surface area (Å²) < 4.78 is 36.5. The smallest absolute Gasteiger partial charge is 0.403 e. The molecule has 0 aliphatic heterocycles. The number of aliphatic imine (C=N–C) groups is 1. The number of alkyl halides is 3. The Labute approximate surface area is 205 Å². The molecule has 0 amide bonds. The van der Waals surface area contributed by atoms with Crippen molar-refractivity contribution in [3.8, 4) is 0 Å². The van der Waals surface area contributed by atoms with Crippen molar-refractivity contribution >= 4 is 36.6 Å². The Bertz CT molecular complexity index is 937. The van der Waals surface area contributed by atoms with Gasteiger partial charge in [-0.15, -0.1) is 12.6 Å². The highest BCUT2D eigenvalue weighted by Crippen LogP contribution is 2.45. The molecule has 0 saturated heterocycles. The van der Waals surface area contributed by atoms with Gasteiger partial charge in [0.2, 0.25) is 0 Å². The number of anilines is 1. The maximum Gasteiger partial charge on any atom is 0.417 e. The SMILES string of the molecule is CC.CC.CNc1c(C=N)ccc(C2CC2)c1S.N/C=C(/N)C=Nc1ccc(C(F)(F)F)cn1. The Balaban J connectivity index is 0.000000561. The lowest BCUT2D eigenvalue weighted by atomic mass is 10.1. The molecule has 1 aliphatic carbocycles. The topological polar surface area (TPSA) is 113 Å². The van der Waals surface area contributed by atoms with Gasteiger partial charge in [0.05, 0.1) is 23.2 Å². The summed E-state index contributed by atoms with van der Waals surface area (Å²) in [6, 6.07) is 6.12. The molecule has 188 valence electrons. The highest BCUT2D eigenvalue weighted by molar-refractivity contribution is 7.80. The second-order valence-electron chi connectivity index (χ2n) is 6.46. The van der Waals surface area contributed by atoms with Crippen LogP contribution in [0.5, 0.6) is 0 Å². The van der Waals surface area contributed by atoms with E-state index in [0.717, 1.165) is 34.5 Å². The van der Waals surface area contributed by atoms with Gasteiger partial charge in [0.1, 0.15) is 0 Å². The minimum atomic E-state index is -4.40. The van der Waals surface area contributed by atoms with Gasteiger partial charge in [0.15, 0.2) is 5.82 Å². The van der Waals surface area contributed by atoms with E-state index in [4.69, 9.17) is 16.9 Å². The number of rotatable bonds is 5. The molecule has 2 aromatic rings. The van der Waals surface area contributed by atoms with Gasteiger partial charge in [-0.25, -0.2) is 9.98 Å². The van der Waals surface area contributed by atoms with E-state index >= 15 is 0 Å². The van der Waals surface area contributed by atoms with Crippen LogP contribution in [0.25, 0.3) is 0 Å². The van der Waals surface area contributed by atoms with Crippen LogP contribution in [0.15, 0.2) is 52.2 Å². The third kappa shape index (κ3) is 9.86. The molecule has 1 aromatic heterocycles. The van der Waals surface area contributed by atoms with Gasteiger partial charge in [-0.05, 0) is 36.5 Å². The van der Waals surface area contributed by atoms with E-state index in [1.165, 1.54) is 30.8 Å². The summed E-state index contributed by atoms with van der Waals surface area (Å²) in [5, 5.41) is 10.4. The first-order valence-corrected chi connectivity index (χ1v) is 11.4. The van der Waals surface area contributed by atoms with Crippen LogP contribution < -0.4 is 16.8 Å². The third-order valence-corrected chi connectivity index (χ3v) is 4.76. The molecule has 6 nitrogen and oxygen atoms in total. The zero-order valence-electron chi connectivity index (χ0n) is 20.2. The maximum absolute atomic E-state index is 12.2. The highest BCUT2D eigenvalue weighted by atomic mass is 32.1. The Morgan fingerprint density at radius 3 is 2.21 bits per heavy atom. The summed E-state index contributed by atoms with van der Waals surface area (Å²) >= 11 is 4.53. The molecular weight excluding hydrogens is 461 g/mol. The van der Waals surface area contributed by atoms with Crippen LogP contribution in [0.2, 0.25) is 0 Å². The standard InChI is InChI=1S/C11H14N2S.C9H9F3N4.2C2H6/c1-13-10-8(6-12)4-5-9(11(10)14)7-2-3-7;10-9(11,12)6-1-2-8(15-4-6)16-5-7(14)3-13;2*1-2/h4-7,12-14H,2-3H2,1H3;1-5H,13-14H2;2*1-2H3/b;7-3+,16-5?;;. The summed E-state index contributed by atoms with van der Waals surface area (Å²) in [5.74, 6) is 0.826. The fraction of sp³-hybridized carbons (Fsp3) is 0.375. The monoisotopic (exact) mass is 496 g/mol. The normalized spacial score (nSPS) is 12.9. The molecule has 0 radical (unpaired) electrons. The van der Waals surface area contributed by atoms with E-state index in [1.54, 1.807) is 0 Å². The maximum atomic E-state index is 12.2. The van der Waals surface area contributed by atoms with Crippen LogP contribution in [-0.4, -0.2) is 24.5 Å². The van der Waals surface area contributed by atoms with Gasteiger partial charge in [0.25, 0.3) is 0 Å². The van der Waals surface area contributed by atoms with Crippen LogP contribution in [0.1, 0.15) is 63.1 Å². The second-order valence-corrected chi connectivity index (χ2v) is 6.91. The summed E-state index contributed by atoms with van der Waals surface area (Å²) in [5.41, 5.74) is 12.9. The Morgan fingerprint density at radius 2 is 1.79 bits per heavy atom. The number of pyridine rings is 1. The van der Waals surface area contributed by atoms with Crippen LogP contribution in [0.3, 0.4) is 0 Å². The molecule has 34 heavy (non-hydrogen) atoms. The van der Waals surface area contributed by atoms with Crippen LogP contribution in [0.4, 0.5) is 24.7 Å². The van der Waals surface area contributed by atoms with Crippen LogP contribution in [0, 0.1) is 5.41 Å². The number of thiol groups is 1. The lowest BCUT2D eigenvalue weighted by Gasteiger charge is -2.12. The molecule has 0 spiro atoms. The van der Waals surface area contributed by atoms with Crippen molar-refractivity contribution in [3.63, 3.8) is 0 Å². The number of benzene rings is 1. The summed E-state index contributed by atoms with van der Waals surface area (Å²) in [4.78, 5) is 8.24. The summed E-state index contributed by atoms with van der Waals surface area (Å²) in [6.45, 7) is 8.00. The molecule has 1 fully saturated rings. The number of aromatic nitrogens is 1. The minimum absolute atomic E-state index is 0.123. The zero-order chi connectivity index (χ0) is 26.3. The molecule has 0 bridgehead atoms.